The number of hydrogen-bond acceptors (Lipinski definition) is 4. The molecule has 0 aliphatic carbocycles. The van der Waals surface area contributed by atoms with Crippen LogP contribution in [0.1, 0.15) is 16.1 Å². The SMILES string of the molecule is CN(Cc1ccccc1)C(=O)c1ccc(Nc2c(F)cccc2F)nn1. The number of carbonyl (C=O) groups excluding carboxylic acids is 1. The quantitative estimate of drug-likeness (QED) is 0.758. The maximum Gasteiger partial charge on any atom is 0.274 e. The summed E-state index contributed by atoms with van der Waals surface area (Å²) in [6, 6.07) is 16.0. The minimum Gasteiger partial charge on any atom is -0.336 e. The van der Waals surface area contributed by atoms with Gasteiger partial charge in [0.15, 0.2) is 11.5 Å². The molecule has 7 heteroatoms. The number of amides is 1. The molecule has 0 saturated heterocycles. The van der Waals surface area contributed by atoms with Gasteiger partial charge in [0.2, 0.25) is 0 Å². The topological polar surface area (TPSA) is 58.1 Å². The van der Waals surface area contributed by atoms with Gasteiger partial charge in [-0.2, -0.15) is 0 Å². The van der Waals surface area contributed by atoms with Crippen LogP contribution in [0, 0.1) is 11.6 Å². The third-order valence-electron chi connectivity index (χ3n) is 3.71. The van der Waals surface area contributed by atoms with Gasteiger partial charge < -0.3 is 10.2 Å². The maximum atomic E-state index is 13.6. The van der Waals surface area contributed by atoms with Crippen molar-refractivity contribution >= 4 is 17.4 Å². The zero-order chi connectivity index (χ0) is 18.5. The first-order valence-electron chi connectivity index (χ1n) is 7.89. The molecule has 5 nitrogen and oxygen atoms in total. The highest BCUT2D eigenvalue weighted by Crippen LogP contribution is 2.21. The van der Waals surface area contributed by atoms with Crippen LogP contribution < -0.4 is 5.32 Å². The number of nitrogens with one attached hydrogen (secondary N) is 1. The zero-order valence-corrected chi connectivity index (χ0v) is 14.0. The standard InChI is InChI=1S/C19H16F2N4O/c1-25(12-13-6-3-2-4-7-13)19(26)16-10-11-17(24-23-16)22-18-14(20)8-5-9-15(18)21/h2-11H,12H2,1H3,(H,22,24). The Balaban J connectivity index is 1.70. The molecule has 3 rings (SSSR count). The van der Waals surface area contributed by atoms with Crippen LogP contribution in [-0.2, 0) is 6.54 Å². The number of halogens is 2. The highest BCUT2D eigenvalue weighted by atomic mass is 19.1. The van der Waals surface area contributed by atoms with Crippen molar-refractivity contribution in [3.05, 3.63) is 83.6 Å². The van der Waals surface area contributed by atoms with Gasteiger partial charge in [-0.15, -0.1) is 10.2 Å². The molecule has 0 radical (unpaired) electrons. The Morgan fingerprint density at radius 2 is 1.65 bits per heavy atom. The van der Waals surface area contributed by atoms with Crippen LogP contribution in [0.4, 0.5) is 20.3 Å². The first-order valence-corrected chi connectivity index (χ1v) is 7.89. The molecule has 0 spiro atoms. The van der Waals surface area contributed by atoms with Crippen molar-refractivity contribution in [2.75, 3.05) is 12.4 Å². The van der Waals surface area contributed by atoms with E-state index in [0.717, 1.165) is 17.7 Å². The molecule has 1 N–H and O–H groups in total. The van der Waals surface area contributed by atoms with Gasteiger partial charge in [0, 0.05) is 13.6 Å². The molecule has 0 aliphatic heterocycles. The number of para-hydroxylation sites is 1. The molecule has 1 amide bonds. The Bertz CT molecular complexity index is 881. The van der Waals surface area contributed by atoms with Crippen LogP contribution in [0.3, 0.4) is 0 Å². The van der Waals surface area contributed by atoms with Gasteiger partial charge in [-0.05, 0) is 29.8 Å². The van der Waals surface area contributed by atoms with Crippen molar-refractivity contribution in [3.63, 3.8) is 0 Å². The Hall–Kier alpha value is -3.35. The lowest BCUT2D eigenvalue weighted by Gasteiger charge is -2.16. The number of hydrogen-bond donors (Lipinski definition) is 1. The molecule has 1 heterocycles. The first kappa shape index (κ1) is 17.5. The number of aromatic nitrogens is 2. The Morgan fingerprint density at radius 3 is 2.27 bits per heavy atom. The molecular weight excluding hydrogens is 338 g/mol. The molecular formula is C19H16F2N4O. The molecule has 0 unspecified atom stereocenters. The second kappa shape index (κ2) is 7.69. The van der Waals surface area contributed by atoms with Gasteiger partial charge in [-0.1, -0.05) is 36.4 Å². The van der Waals surface area contributed by atoms with Gasteiger partial charge in [-0.3, -0.25) is 4.79 Å². The fourth-order valence-corrected chi connectivity index (χ4v) is 2.38. The van der Waals surface area contributed by atoms with Crippen molar-refractivity contribution in [1.29, 1.82) is 0 Å². The lowest BCUT2D eigenvalue weighted by molar-refractivity contribution is 0.0778. The van der Waals surface area contributed by atoms with Crippen molar-refractivity contribution < 1.29 is 13.6 Å². The summed E-state index contributed by atoms with van der Waals surface area (Å²) in [6.45, 7) is 0.432. The molecule has 0 atom stereocenters. The molecule has 0 saturated carbocycles. The fraction of sp³-hybridized carbons (Fsp3) is 0.105. The number of rotatable bonds is 5. The summed E-state index contributed by atoms with van der Waals surface area (Å²) < 4.78 is 27.3. The van der Waals surface area contributed by atoms with Crippen LogP contribution in [0.15, 0.2) is 60.7 Å². The van der Waals surface area contributed by atoms with Crippen molar-refractivity contribution in [3.8, 4) is 0 Å². The van der Waals surface area contributed by atoms with E-state index in [1.165, 1.54) is 23.1 Å². The summed E-state index contributed by atoms with van der Waals surface area (Å²) in [4.78, 5) is 13.9. The average Bonchev–Trinajstić information content (AvgIpc) is 2.65. The predicted molar refractivity (Wildman–Crippen MR) is 93.9 cm³/mol. The van der Waals surface area contributed by atoms with Crippen LogP contribution in [-0.4, -0.2) is 28.1 Å². The summed E-state index contributed by atoms with van der Waals surface area (Å²) in [7, 11) is 1.66. The minimum absolute atomic E-state index is 0.135. The van der Waals surface area contributed by atoms with E-state index < -0.39 is 11.6 Å². The summed E-state index contributed by atoms with van der Waals surface area (Å²) in [5, 5.41) is 10.2. The molecule has 26 heavy (non-hydrogen) atoms. The maximum absolute atomic E-state index is 13.6. The zero-order valence-electron chi connectivity index (χ0n) is 14.0. The summed E-state index contributed by atoms with van der Waals surface area (Å²) in [5.41, 5.74) is 0.815. The van der Waals surface area contributed by atoms with Crippen LogP contribution >= 0.6 is 0 Å². The normalized spacial score (nSPS) is 10.4. The van der Waals surface area contributed by atoms with Crippen molar-refractivity contribution in [2.24, 2.45) is 0 Å². The first-order chi connectivity index (χ1) is 12.5. The summed E-state index contributed by atoms with van der Waals surface area (Å²) in [5.74, 6) is -1.65. The summed E-state index contributed by atoms with van der Waals surface area (Å²) in [6.07, 6.45) is 0. The lowest BCUT2D eigenvalue weighted by Crippen LogP contribution is -2.27. The number of benzene rings is 2. The van der Waals surface area contributed by atoms with E-state index in [1.807, 2.05) is 30.3 Å². The van der Waals surface area contributed by atoms with E-state index >= 15 is 0 Å². The fourth-order valence-electron chi connectivity index (χ4n) is 2.38. The molecule has 0 fully saturated rings. The predicted octanol–water partition coefficient (Wildman–Crippen LogP) is 3.77. The molecule has 3 aromatic rings. The average molecular weight is 354 g/mol. The van der Waals surface area contributed by atoms with E-state index in [0.29, 0.717) is 6.54 Å². The molecule has 0 bridgehead atoms. The van der Waals surface area contributed by atoms with E-state index in [9.17, 15) is 13.6 Å². The number of anilines is 2. The Morgan fingerprint density at radius 1 is 0.962 bits per heavy atom. The van der Waals surface area contributed by atoms with Crippen molar-refractivity contribution in [1.82, 2.24) is 15.1 Å². The molecule has 0 aliphatic rings. The summed E-state index contributed by atoms with van der Waals surface area (Å²) >= 11 is 0. The van der Waals surface area contributed by atoms with E-state index in [1.54, 1.807) is 7.05 Å². The molecule has 1 aromatic heterocycles. The smallest absolute Gasteiger partial charge is 0.274 e. The number of nitrogens with zero attached hydrogens (tertiary/aromatic N) is 3. The third-order valence-corrected chi connectivity index (χ3v) is 3.71. The van der Waals surface area contributed by atoms with Crippen LogP contribution in [0.2, 0.25) is 0 Å². The Kier molecular flexibility index (Phi) is 5.17. The second-order valence-electron chi connectivity index (χ2n) is 5.67. The van der Waals surface area contributed by atoms with Gasteiger partial charge in [-0.25, -0.2) is 8.78 Å². The highest BCUT2D eigenvalue weighted by molar-refractivity contribution is 5.92. The minimum atomic E-state index is -0.741. The molecule has 132 valence electrons. The Labute approximate surface area is 149 Å². The second-order valence-corrected chi connectivity index (χ2v) is 5.67. The van der Waals surface area contributed by atoms with Gasteiger partial charge >= 0.3 is 0 Å². The highest BCUT2D eigenvalue weighted by Gasteiger charge is 2.15. The monoisotopic (exact) mass is 354 g/mol. The largest absolute Gasteiger partial charge is 0.336 e. The van der Waals surface area contributed by atoms with Gasteiger partial charge in [0.05, 0.1) is 0 Å². The third kappa shape index (κ3) is 4.00. The van der Waals surface area contributed by atoms with Crippen molar-refractivity contribution in [2.45, 2.75) is 6.54 Å². The van der Waals surface area contributed by atoms with Crippen LogP contribution in [0.5, 0.6) is 0 Å². The van der Waals surface area contributed by atoms with Gasteiger partial charge in [0.25, 0.3) is 5.91 Å². The molecule has 2 aromatic carbocycles. The van der Waals surface area contributed by atoms with E-state index in [2.05, 4.69) is 15.5 Å². The van der Waals surface area contributed by atoms with E-state index in [4.69, 9.17) is 0 Å². The van der Waals surface area contributed by atoms with E-state index in [-0.39, 0.29) is 23.1 Å². The van der Waals surface area contributed by atoms with Crippen LogP contribution in [0.25, 0.3) is 0 Å². The lowest BCUT2D eigenvalue weighted by atomic mass is 10.2. The van der Waals surface area contributed by atoms with Gasteiger partial charge in [0.1, 0.15) is 17.3 Å². The number of carbonyl (C=O) groups is 1.